The molecule has 1 N–H and O–H groups in total. The molecule has 0 amide bonds. The molecule has 0 radical (unpaired) electrons. The largest absolute Gasteiger partial charge is 0.481 e. The molecule has 0 saturated heterocycles. The van der Waals surface area contributed by atoms with Crippen LogP contribution in [0.15, 0.2) is 0 Å². The standard InChI is InChI=1S/C6H15O2P.C2H4O2/c1-4-8-9(7,5-2)6-3;1-2(3)4/h4-6H2,1-3H3;1H3,(H,3,4). The van der Waals surface area contributed by atoms with Crippen LogP contribution in [0.1, 0.15) is 27.7 Å². The van der Waals surface area contributed by atoms with E-state index in [1.165, 1.54) is 0 Å². The molecular formula is C8H19O4P. The van der Waals surface area contributed by atoms with E-state index in [9.17, 15) is 4.57 Å². The van der Waals surface area contributed by atoms with Gasteiger partial charge in [0, 0.05) is 19.2 Å². The Morgan fingerprint density at radius 3 is 1.69 bits per heavy atom. The van der Waals surface area contributed by atoms with Crippen molar-refractivity contribution in [3.63, 3.8) is 0 Å². The maximum atomic E-state index is 11.3. The summed E-state index contributed by atoms with van der Waals surface area (Å²) in [6.45, 7) is 7.33. The molecule has 0 aliphatic heterocycles. The van der Waals surface area contributed by atoms with Gasteiger partial charge in [-0.2, -0.15) is 0 Å². The van der Waals surface area contributed by atoms with E-state index in [0.29, 0.717) is 18.9 Å². The molecule has 0 fully saturated rings. The number of carboxylic acid groups (broad SMARTS) is 1. The van der Waals surface area contributed by atoms with Crippen molar-refractivity contribution in [2.24, 2.45) is 0 Å². The van der Waals surface area contributed by atoms with Crippen LogP contribution in [0.5, 0.6) is 0 Å². The van der Waals surface area contributed by atoms with Gasteiger partial charge in [-0.25, -0.2) is 0 Å². The van der Waals surface area contributed by atoms with Crippen LogP contribution in [0, 0.1) is 0 Å². The Hall–Kier alpha value is -0.340. The average Bonchev–Trinajstić information content (AvgIpc) is 2.04. The third-order valence-electron chi connectivity index (χ3n) is 1.33. The van der Waals surface area contributed by atoms with Crippen molar-refractivity contribution < 1.29 is 19.0 Å². The van der Waals surface area contributed by atoms with Gasteiger partial charge in [-0.15, -0.1) is 0 Å². The van der Waals surface area contributed by atoms with Gasteiger partial charge in [-0.1, -0.05) is 13.8 Å². The lowest BCUT2D eigenvalue weighted by Gasteiger charge is -2.12. The first-order valence-corrected chi connectivity index (χ1v) is 6.33. The number of rotatable bonds is 4. The van der Waals surface area contributed by atoms with Gasteiger partial charge in [0.15, 0.2) is 0 Å². The molecule has 0 saturated carbocycles. The van der Waals surface area contributed by atoms with Crippen LogP contribution in [0.25, 0.3) is 0 Å². The van der Waals surface area contributed by atoms with Gasteiger partial charge >= 0.3 is 0 Å². The normalized spacial score (nSPS) is 10.2. The summed E-state index contributed by atoms with van der Waals surface area (Å²) in [6, 6.07) is 0. The van der Waals surface area contributed by atoms with Crippen LogP contribution >= 0.6 is 7.37 Å². The molecule has 0 aliphatic rings. The van der Waals surface area contributed by atoms with Crippen LogP contribution in [-0.4, -0.2) is 30.0 Å². The minimum absolute atomic E-state index is 0.568. The van der Waals surface area contributed by atoms with Gasteiger partial charge in [0.2, 0.25) is 7.37 Å². The van der Waals surface area contributed by atoms with Crippen molar-refractivity contribution in [1.29, 1.82) is 0 Å². The zero-order valence-corrected chi connectivity index (χ0v) is 9.63. The topological polar surface area (TPSA) is 63.6 Å². The summed E-state index contributed by atoms with van der Waals surface area (Å²) in [5.74, 6) is -0.833. The van der Waals surface area contributed by atoms with E-state index in [2.05, 4.69) is 0 Å². The second-order valence-corrected chi connectivity index (χ2v) is 5.54. The Kier molecular flexibility index (Phi) is 9.63. The number of hydrogen-bond donors (Lipinski definition) is 1. The molecule has 0 aromatic carbocycles. The van der Waals surface area contributed by atoms with E-state index in [1.807, 2.05) is 20.8 Å². The lowest BCUT2D eigenvalue weighted by atomic mass is 10.9. The molecule has 0 aromatic heterocycles. The highest BCUT2D eigenvalue weighted by Gasteiger charge is 2.15. The first-order chi connectivity index (χ1) is 5.91. The molecule has 0 bridgehead atoms. The molecule has 0 heterocycles. The molecule has 4 nitrogen and oxygen atoms in total. The summed E-state index contributed by atoms with van der Waals surface area (Å²) < 4.78 is 16.4. The first kappa shape index (κ1) is 15.1. The highest BCUT2D eigenvalue weighted by Crippen LogP contribution is 2.45. The van der Waals surface area contributed by atoms with Crippen molar-refractivity contribution in [3.05, 3.63) is 0 Å². The Labute approximate surface area is 79.7 Å². The monoisotopic (exact) mass is 210 g/mol. The summed E-state index contributed by atoms with van der Waals surface area (Å²) in [5, 5.41) is 7.42. The van der Waals surface area contributed by atoms with E-state index in [0.717, 1.165) is 6.92 Å². The van der Waals surface area contributed by atoms with E-state index in [4.69, 9.17) is 14.4 Å². The lowest BCUT2D eigenvalue weighted by molar-refractivity contribution is -0.134. The predicted octanol–water partition coefficient (Wildman–Crippen LogP) is 2.43. The zero-order valence-electron chi connectivity index (χ0n) is 8.74. The fourth-order valence-electron chi connectivity index (χ4n) is 0.641. The fourth-order valence-corrected chi connectivity index (χ4v) is 1.92. The van der Waals surface area contributed by atoms with E-state index < -0.39 is 13.3 Å². The zero-order chi connectivity index (χ0) is 10.9. The predicted molar refractivity (Wildman–Crippen MR) is 53.6 cm³/mol. The molecule has 0 aliphatic carbocycles. The number of carboxylic acids is 1. The summed E-state index contributed by atoms with van der Waals surface area (Å²) in [7, 11) is -2.18. The molecular weight excluding hydrogens is 191 g/mol. The second kappa shape index (κ2) is 8.27. The van der Waals surface area contributed by atoms with Gasteiger partial charge in [0.1, 0.15) is 0 Å². The maximum absolute atomic E-state index is 11.3. The fraction of sp³-hybridized carbons (Fsp3) is 0.875. The Bertz CT molecular complexity index is 167. The second-order valence-electron chi connectivity index (χ2n) is 2.38. The molecule has 0 aromatic rings. The smallest absolute Gasteiger partial charge is 0.300 e. The number of aliphatic carboxylic acids is 1. The molecule has 13 heavy (non-hydrogen) atoms. The van der Waals surface area contributed by atoms with Gasteiger partial charge in [-0.05, 0) is 6.92 Å². The Balaban J connectivity index is 0. The van der Waals surface area contributed by atoms with Crippen LogP contribution in [0.3, 0.4) is 0 Å². The third-order valence-corrected chi connectivity index (χ3v) is 3.98. The highest BCUT2D eigenvalue weighted by atomic mass is 31.2. The molecule has 0 rings (SSSR count). The third kappa shape index (κ3) is 11.7. The quantitative estimate of drug-likeness (QED) is 0.724. The van der Waals surface area contributed by atoms with Crippen LogP contribution < -0.4 is 0 Å². The van der Waals surface area contributed by atoms with Crippen LogP contribution in [0.4, 0.5) is 0 Å². The summed E-state index contributed by atoms with van der Waals surface area (Å²) >= 11 is 0. The Morgan fingerprint density at radius 1 is 1.31 bits per heavy atom. The number of carbonyl (C=O) groups is 1. The summed E-state index contributed by atoms with van der Waals surface area (Å²) in [4.78, 5) is 9.00. The summed E-state index contributed by atoms with van der Waals surface area (Å²) in [5.41, 5.74) is 0. The van der Waals surface area contributed by atoms with E-state index in [-0.39, 0.29) is 0 Å². The first-order valence-electron chi connectivity index (χ1n) is 4.34. The highest BCUT2D eigenvalue weighted by molar-refractivity contribution is 7.58. The van der Waals surface area contributed by atoms with Gasteiger partial charge in [0.25, 0.3) is 5.97 Å². The lowest BCUT2D eigenvalue weighted by Crippen LogP contribution is -1.94. The Morgan fingerprint density at radius 2 is 1.62 bits per heavy atom. The summed E-state index contributed by atoms with van der Waals surface area (Å²) in [6.07, 6.45) is 1.33. The maximum Gasteiger partial charge on any atom is 0.300 e. The van der Waals surface area contributed by atoms with Crippen LogP contribution in [-0.2, 0) is 13.9 Å². The van der Waals surface area contributed by atoms with Crippen LogP contribution in [0.2, 0.25) is 0 Å². The van der Waals surface area contributed by atoms with Crippen molar-refractivity contribution in [1.82, 2.24) is 0 Å². The van der Waals surface area contributed by atoms with Gasteiger partial charge in [-0.3, -0.25) is 9.36 Å². The SMILES string of the molecule is CC(=O)O.CCOP(=O)(CC)CC. The van der Waals surface area contributed by atoms with Crippen molar-refractivity contribution in [3.8, 4) is 0 Å². The van der Waals surface area contributed by atoms with Crippen molar-refractivity contribution >= 4 is 13.3 Å². The average molecular weight is 210 g/mol. The van der Waals surface area contributed by atoms with Crippen molar-refractivity contribution in [2.75, 3.05) is 18.9 Å². The van der Waals surface area contributed by atoms with E-state index >= 15 is 0 Å². The van der Waals surface area contributed by atoms with Gasteiger partial charge < -0.3 is 9.63 Å². The number of hydrogen-bond acceptors (Lipinski definition) is 3. The molecule has 0 unspecified atom stereocenters. The molecule has 5 heteroatoms. The molecule has 0 spiro atoms. The van der Waals surface area contributed by atoms with Crippen molar-refractivity contribution in [2.45, 2.75) is 27.7 Å². The van der Waals surface area contributed by atoms with Gasteiger partial charge in [0.05, 0.1) is 6.61 Å². The molecule has 80 valence electrons. The minimum Gasteiger partial charge on any atom is -0.481 e. The minimum atomic E-state index is -2.18. The molecule has 0 atom stereocenters. The van der Waals surface area contributed by atoms with E-state index in [1.54, 1.807) is 0 Å².